The first-order chi connectivity index (χ1) is 13.5. The number of methoxy groups -OCH3 is 1. The lowest BCUT2D eigenvalue weighted by Gasteiger charge is -2.07. The van der Waals surface area contributed by atoms with Gasteiger partial charge in [-0.25, -0.2) is 4.68 Å². The lowest BCUT2D eigenvalue weighted by atomic mass is 10.2. The summed E-state index contributed by atoms with van der Waals surface area (Å²) in [5.41, 5.74) is 3.64. The molecule has 4 rings (SSSR count). The third kappa shape index (κ3) is 3.25. The zero-order valence-electron chi connectivity index (χ0n) is 15.6. The van der Waals surface area contributed by atoms with Gasteiger partial charge in [0.25, 0.3) is 5.91 Å². The Hall–Kier alpha value is -2.83. The van der Waals surface area contributed by atoms with E-state index in [-0.39, 0.29) is 5.91 Å². The van der Waals surface area contributed by atoms with E-state index in [4.69, 9.17) is 16.3 Å². The normalized spacial score (nSPS) is 11.0. The molecule has 1 amide bonds. The molecule has 0 aliphatic carbocycles. The molecule has 0 atom stereocenters. The number of hydrogen-bond donors (Lipinski definition) is 1. The summed E-state index contributed by atoms with van der Waals surface area (Å²) in [4.78, 5) is 14.3. The highest BCUT2D eigenvalue weighted by atomic mass is 35.5. The Kier molecular flexibility index (Phi) is 4.83. The topological polar surface area (TPSA) is 56.1 Å². The molecule has 4 aromatic rings. The van der Waals surface area contributed by atoms with Gasteiger partial charge >= 0.3 is 0 Å². The number of para-hydroxylation sites is 1. The summed E-state index contributed by atoms with van der Waals surface area (Å²) in [6.45, 7) is 4.00. The van der Waals surface area contributed by atoms with E-state index >= 15 is 0 Å². The van der Waals surface area contributed by atoms with Crippen LogP contribution < -0.4 is 10.1 Å². The molecule has 2 heterocycles. The molecule has 1 N–H and O–H groups in total. The van der Waals surface area contributed by atoms with Gasteiger partial charge < -0.3 is 10.1 Å². The summed E-state index contributed by atoms with van der Waals surface area (Å²) in [6.07, 6.45) is 0. The van der Waals surface area contributed by atoms with Crippen molar-refractivity contribution in [1.29, 1.82) is 0 Å². The summed E-state index contributed by atoms with van der Waals surface area (Å²) < 4.78 is 7.05. The molecular weight excluding hydrogens is 394 g/mol. The van der Waals surface area contributed by atoms with E-state index in [0.717, 1.165) is 27.2 Å². The van der Waals surface area contributed by atoms with Crippen LogP contribution in [0.1, 0.15) is 20.9 Å². The van der Waals surface area contributed by atoms with Crippen molar-refractivity contribution < 1.29 is 9.53 Å². The van der Waals surface area contributed by atoms with Gasteiger partial charge in [-0.3, -0.25) is 4.79 Å². The standard InChI is InChI=1S/C21H18ClN3O2S/c1-12-6-4-5-7-17(12)25-21-15(13(2)24-25)11-19(28-21)20(26)23-14-8-9-18(27-3)16(22)10-14/h4-11H,1-3H3,(H,23,26). The number of nitrogens with zero attached hydrogens (tertiary/aromatic N) is 2. The van der Waals surface area contributed by atoms with Crippen molar-refractivity contribution >= 4 is 44.7 Å². The van der Waals surface area contributed by atoms with Crippen molar-refractivity contribution in [1.82, 2.24) is 9.78 Å². The fourth-order valence-electron chi connectivity index (χ4n) is 3.06. The number of rotatable bonds is 4. The third-order valence-electron chi connectivity index (χ3n) is 4.52. The first-order valence-corrected chi connectivity index (χ1v) is 9.87. The highest BCUT2D eigenvalue weighted by Crippen LogP contribution is 2.32. The van der Waals surface area contributed by atoms with E-state index in [2.05, 4.69) is 10.4 Å². The Morgan fingerprint density at radius 1 is 1.18 bits per heavy atom. The van der Waals surface area contributed by atoms with E-state index in [0.29, 0.717) is 21.3 Å². The van der Waals surface area contributed by atoms with Crippen LogP contribution in [0.25, 0.3) is 15.9 Å². The minimum Gasteiger partial charge on any atom is -0.495 e. The van der Waals surface area contributed by atoms with Crippen LogP contribution in [0.5, 0.6) is 5.75 Å². The molecule has 0 saturated carbocycles. The molecule has 0 unspecified atom stereocenters. The number of aryl methyl sites for hydroxylation is 2. The monoisotopic (exact) mass is 411 g/mol. The molecule has 2 aromatic carbocycles. The van der Waals surface area contributed by atoms with Crippen molar-refractivity contribution in [3.05, 3.63) is 69.7 Å². The second-order valence-electron chi connectivity index (χ2n) is 6.42. The van der Waals surface area contributed by atoms with E-state index < -0.39 is 0 Å². The lowest BCUT2D eigenvalue weighted by molar-refractivity contribution is 0.103. The number of aromatic nitrogens is 2. The number of nitrogens with one attached hydrogen (secondary N) is 1. The maximum Gasteiger partial charge on any atom is 0.265 e. The van der Waals surface area contributed by atoms with Gasteiger partial charge in [-0.05, 0) is 49.7 Å². The summed E-state index contributed by atoms with van der Waals surface area (Å²) in [7, 11) is 1.55. The number of carbonyl (C=O) groups excluding carboxylic acids is 1. The average Bonchev–Trinajstić information content (AvgIpc) is 3.23. The Bertz CT molecular complexity index is 1200. The second-order valence-corrected chi connectivity index (χ2v) is 7.85. The van der Waals surface area contributed by atoms with Crippen molar-refractivity contribution in [2.45, 2.75) is 13.8 Å². The van der Waals surface area contributed by atoms with Crippen LogP contribution in [0.4, 0.5) is 5.69 Å². The highest BCUT2D eigenvalue weighted by Gasteiger charge is 2.18. The minimum atomic E-state index is -0.182. The van der Waals surface area contributed by atoms with Gasteiger partial charge in [-0.1, -0.05) is 29.8 Å². The fourth-order valence-corrected chi connectivity index (χ4v) is 4.39. The molecule has 2 aromatic heterocycles. The summed E-state index contributed by atoms with van der Waals surface area (Å²) in [5.74, 6) is 0.383. The molecule has 0 radical (unpaired) electrons. The first-order valence-electron chi connectivity index (χ1n) is 8.68. The molecule has 0 aliphatic rings. The predicted octanol–water partition coefficient (Wildman–Crippen LogP) is 5.62. The van der Waals surface area contributed by atoms with E-state index in [1.807, 2.05) is 48.9 Å². The fraction of sp³-hybridized carbons (Fsp3) is 0.143. The summed E-state index contributed by atoms with van der Waals surface area (Å²) in [5, 5.41) is 8.98. The van der Waals surface area contributed by atoms with E-state index in [1.54, 1.807) is 25.3 Å². The van der Waals surface area contributed by atoms with Crippen LogP contribution in [0, 0.1) is 13.8 Å². The van der Waals surface area contributed by atoms with Crippen LogP contribution in [0.2, 0.25) is 5.02 Å². The van der Waals surface area contributed by atoms with Crippen molar-refractivity contribution in [2.24, 2.45) is 0 Å². The number of thiophene rings is 1. The molecule has 0 fully saturated rings. The number of benzene rings is 2. The van der Waals surface area contributed by atoms with Crippen molar-refractivity contribution in [2.75, 3.05) is 12.4 Å². The first kappa shape index (κ1) is 18.5. The van der Waals surface area contributed by atoms with Gasteiger partial charge in [-0.2, -0.15) is 5.10 Å². The number of ether oxygens (including phenoxy) is 1. The quantitative estimate of drug-likeness (QED) is 0.474. The second kappa shape index (κ2) is 7.30. The summed E-state index contributed by atoms with van der Waals surface area (Å²) in [6, 6.07) is 15.1. The molecule has 0 aliphatic heterocycles. The molecule has 7 heteroatoms. The van der Waals surface area contributed by atoms with Gasteiger partial charge in [0.2, 0.25) is 0 Å². The van der Waals surface area contributed by atoms with Crippen molar-refractivity contribution in [3.8, 4) is 11.4 Å². The zero-order chi connectivity index (χ0) is 19.8. The van der Waals surface area contributed by atoms with E-state index in [1.165, 1.54) is 11.3 Å². The van der Waals surface area contributed by atoms with Crippen LogP contribution in [0.15, 0.2) is 48.5 Å². The molecule has 0 saturated heterocycles. The third-order valence-corrected chi connectivity index (χ3v) is 5.93. The van der Waals surface area contributed by atoms with Crippen molar-refractivity contribution in [3.63, 3.8) is 0 Å². The van der Waals surface area contributed by atoms with Crippen LogP contribution in [0.3, 0.4) is 0 Å². The highest BCUT2D eigenvalue weighted by molar-refractivity contribution is 7.20. The smallest absolute Gasteiger partial charge is 0.265 e. The van der Waals surface area contributed by atoms with Gasteiger partial charge in [0, 0.05) is 11.1 Å². The number of carbonyl (C=O) groups is 1. The lowest BCUT2D eigenvalue weighted by Crippen LogP contribution is -2.10. The number of anilines is 1. The Labute approximate surface area is 171 Å². The predicted molar refractivity (Wildman–Crippen MR) is 114 cm³/mol. The van der Waals surface area contributed by atoms with E-state index in [9.17, 15) is 4.79 Å². The largest absolute Gasteiger partial charge is 0.495 e. The van der Waals surface area contributed by atoms with Crippen LogP contribution in [-0.4, -0.2) is 22.8 Å². The van der Waals surface area contributed by atoms with Crippen LogP contribution in [-0.2, 0) is 0 Å². The Balaban J connectivity index is 1.68. The number of hydrogen-bond acceptors (Lipinski definition) is 4. The van der Waals surface area contributed by atoms with Crippen LogP contribution >= 0.6 is 22.9 Å². The van der Waals surface area contributed by atoms with Gasteiger partial charge in [-0.15, -0.1) is 11.3 Å². The minimum absolute atomic E-state index is 0.182. The van der Waals surface area contributed by atoms with Gasteiger partial charge in [0.05, 0.1) is 28.4 Å². The molecule has 28 heavy (non-hydrogen) atoms. The molecule has 142 valence electrons. The Morgan fingerprint density at radius 2 is 1.96 bits per heavy atom. The number of amides is 1. The van der Waals surface area contributed by atoms with Gasteiger partial charge in [0.1, 0.15) is 10.6 Å². The average molecular weight is 412 g/mol. The number of halogens is 1. The molecule has 0 spiro atoms. The maximum atomic E-state index is 12.8. The maximum absolute atomic E-state index is 12.8. The molecule has 5 nitrogen and oxygen atoms in total. The zero-order valence-corrected chi connectivity index (χ0v) is 17.2. The molecule has 0 bridgehead atoms. The SMILES string of the molecule is COc1ccc(NC(=O)c2cc3c(C)nn(-c4ccccc4C)c3s2)cc1Cl. The van der Waals surface area contributed by atoms with Gasteiger partial charge in [0.15, 0.2) is 0 Å². The number of fused-ring (bicyclic) bond motifs is 1. The Morgan fingerprint density at radius 3 is 2.68 bits per heavy atom. The summed E-state index contributed by atoms with van der Waals surface area (Å²) >= 11 is 7.56. The molecular formula is C21H18ClN3O2S.